The molecule has 1 unspecified atom stereocenters. The SMILES string of the molecule is O=C1CCCN1CC(c1ccc(-c2c(-[n+]3cnn[nH]3)ccc(Cl)c2F)cn1)n1cc(-c2ccnc(C(F)F)c2)cn1. The molecule has 1 N–H and O–H groups in total. The van der Waals surface area contributed by atoms with Gasteiger partial charge in [-0.2, -0.15) is 5.10 Å². The minimum atomic E-state index is -2.70. The van der Waals surface area contributed by atoms with Crippen LogP contribution in [-0.2, 0) is 4.79 Å². The summed E-state index contributed by atoms with van der Waals surface area (Å²) in [7, 11) is 0. The van der Waals surface area contributed by atoms with Gasteiger partial charge in [-0.25, -0.2) is 13.2 Å². The van der Waals surface area contributed by atoms with E-state index in [1.54, 1.807) is 46.2 Å². The number of H-pyrrole nitrogens is 1. The fraction of sp³-hybridized carbons (Fsp3) is 0.222. The summed E-state index contributed by atoms with van der Waals surface area (Å²) in [6.07, 6.45) is 6.08. The number of aromatic amines is 1. The molecule has 1 fully saturated rings. The van der Waals surface area contributed by atoms with Crippen molar-refractivity contribution in [3.63, 3.8) is 0 Å². The van der Waals surface area contributed by atoms with Crippen LogP contribution in [0, 0.1) is 5.82 Å². The van der Waals surface area contributed by atoms with E-state index in [2.05, 4.69) is 30.6 Å². The lowest BCUT2D eigenvalue weighted by Crippen LogP contribution is -2.33. The Morgan fingerprint density at radius 1 is 1.05 bits per heavy atom. The highest BCUT2D eigenvalue weighted by atomic mass is 35.5. The average Bonchev–Trinajstić information content (AvgIpc) is 3.77. The van der Waals surface area contributed by atoms with Gasteiger partial charge >= 0.3 is 0 Å². The molecule has 10 nitrogen and oxygen atoms in total. The molecule has 0 spiro atoms. The number of tetrazole rings is 1. The highest BCUT2D eigenvalue weighted by molar-refractivity contribution is 6.31. The molecule has 1 atom stereocenters. The summed E-state index contributed by atoms with van der Waals surface area (Å²) in [6.45, 7) is 0.910. The van der Waals surface area contributed by atoms with Gasteiger partial charge in [-0.05, 0) is 42.3 Å². The van der Waals surface area contributed by atoms with Crippen molar-refractivity contribution >= 4 is 17.5 Å². The predicted octanol–water partition coefficient (Wildman–Crippen LogP) is 4.34. The van der Waals surface area contributed by atoms with Crippen molar-refractivity contribution in [1.29, 1.82) is 0 Å². The largest absolute Gasteiger partial charge is 0.340 e. The number of benzene rings is 1. The third-order valence-corrected chi connectivity index (χ3v) is 7.24. The second kappa shape index (κ2) is 11.1. The Kier molecular flexibility index (Phi) is 7.18. The van der Waals surface area contributed by atoms with Gasteiger partial charge in [0.25, 0.3) is 12.8 Å². The maximum atomic E-state index is 15.3. The Hall–Kier alpha value is -4.65. The van der Waals surface area contributed by atoms with Crippen LogP contribution in [0.2, 0.25) is 5.02 Å². The number of alkyl halides is 2. The van der Waals surface area contributed by atoms with Crippen LogP contribution in [0.25, 0.3) is 27.9 Å². The van der Waals surface area contributed by atoms with Crippen LogP contribution in [0.1, 0.15) is 36.7 Å². The highest BCUT2D eigenvalue weighted by Crippen LogP contribution is 2.32. The van der Waals surface area contributed by atoms with Gasteiger partial charge in [0.05, 0.1) is 22.5 Å². The number of likely N-dealkylation sites (tertiary alicyclic amines) is 1. The summed E-state index contributed by atoms with van der Waals surface area (Å²) in [4.78, 5) is 22.6. The van der Waals surface area contributed by atoms with Gasteiger partial charge in [0.2, 0.25) is 5.91 Å². The third kappa shape index (κ3) is 5.27. The Bertz CT molecular complexity index is 1690. The van der Waals surface area contributed by atoms with Crippen molar-refractivity contribution in [2.75, 3.05) is 13.1 Å². The average molecular weight is 581 g/mol. The van der Waals surface area contributed by atoms with Gasteiger partial charge < -0.3 is 4.90 Å². The predicted molar refractivity (Wildman–Crippen MR) is 140 cm³/mol. The van der Waals surface area contributed by atoms with Crippen LogP contribution in [0.3, 0.4) is 0 Å². The number of pyridine rings is 2. The number of aromatic nitrogens is 8. The van der Waals surface area contributed by atoms with E-state index in [9.17, 15) is 13.6 Å². The fourth-order valence-corrected chi connectivity index (χ4v) is 5.04. The first-order valence-corrected chi connectivity index (χ1v) is 13.1. The number of carbonyl (C=O) groups excluding carboxylic acids is 1. The van der Waals surface area contributed by atoms with E-state index in [1.807, 2.05) is 0 Å². The smallest absolute Gasteiger partial charge is 0.293 e. The van der Waals surface area contributed by atoms with E-state index in [4.69, 9.17) is 11.6 Å². The van der Waals surface area contributed by atoms with Crippen LogP contribution in [0.4, 0.5) is 13.2 Å². The van der Waals surface area contributed by atoms with Crippen LogP contribution in [0.15, 0.2) is 67.5 Å². The number of nitrogens with one attached hydrogen (secondary N) is 1. The minimum absolute atomic E-state index is 0.0329. The monoisotopic (exact) mass is 580 g/mol. The van der Waals surface area contributed by atoms with Crippen LogP contribution in [-0.4, -0.2) is 59.2 Å². The summed E-state index contributed by atoms with van der Waals surface area (Å²) in [6, 6.07) is 8.99. The first-order valence-electron chi connectivity index (χ1n) is 12.7. The van der Waals surface area contributed by atoms with E-state index in [0.29, 0.717) is 47.6 Å². The Labute approximate surface area is 236 Å². The molecule has 6 rings (SSSR count). The second-order valence-electron chi connectivity index (χ2n) is 9.47. The second-order valence-corrected chi connectivity index (χ2v) is 9.87. The Morgan fingerprint density at radius 2 is 1.93 bits per heavy atom. The summed E-state index contributed by atoms with van der Waals surface area (Å²) >= 11 is 6.11. The van der Waals surface area contributed by atoms with E-state index in [1.165, 1.54) is 35.5 Å². The summed E-state index contributed by atoms with van der Waals surface area (Å²) in [5.74, 6) is -0.595. The summed E-state index contributed by atoms with van der Waals surface area (Å²) in [5, 5.41) is 14.5. The molecule has 208 valence electrons. The molecule has 1 aliphatic rings. The molecular formula is C27H22ClF3N9O+. The molecule has 0 bridgehead atoms. The van der Waals surface area contributed by atoms with Crippen molar-refractivity contribution in [1.82, 2.24) is 40.2 Å². The lowest BCUT2D eigenvalue weighted by molar-refractivity contribution is -0.659. The minimum Gasteiger partial charge on any atom is -0.340 e. The first-order chi connectivity index (χ1) is 19.9. The maximum Gasteiger partial charge on any atom is 0.293 e. The number of halogens is 4. The van der Waals surface area contributed by atoms with Gasteiger partial charge in [-0.1, -0.05) is 22.9 Å². The molecular weight excluding hydrogens is 559 g/mol. The molecule has 5 aromatic rings. The van der Waals surface area contributed by atoms with Crippen molar-refractivity contribution in [3.8, 4) is 27.9 Å². The third-order valence-electron chi connectivity index (χ3n) is 6.95. The molecule has 14 heteroatoms. The molecule has 0 aliphatic carbocycles. The normalized spacial score (nSPS) is 14.3. The van der Waals surface area contributed by atoms with Gasteiger partial charge in [-0.3, -0.25) is 19.4 Å². The van der Waals surface area contributed by atoms with Crippen molar-refractivity contribution < 1.29 is 22.6 Å². The lowest BCUT2D eigenvalue weighted by Gasteiger charge is -2.24. The van der Waals surface area contributed by atoms with E-state index < -0.39 is 18.3 Å². The van der Waals surface area contributed by atoms with Crippen molar-refractivity contribution in [2.45, 2.75) is 25.3 Å². The first kappa shape index (κ1) is 26.6. The summed E-state index contributed by atoms with van der Waals surface area (Å²) < 4.78 is 44.8. The zero-order valence-corrected chi connectivity index (χ0v) is 22.1. The van der Waals surface area contributed by atoms with Crippen LogP contribution >= 0.6 is 11.6 Å². The van der Waals surface area contributed by atoms with Crippen molar-refractivity contribution in [3.05, 3.63) is 89.7 Å². The number of amides is 1. The van der Waals surface area contributed by atoms with Crippen LogP contribution in [0.5, 0.6) is 0 Å². The highest BCUT2D eigenvalue weighted by Gasteiger charge is 2.27. The fourth-order valence-electron chi connectivity index (χ4n) is 4.88. The zero-order valence-electron chi connectivity index (χ0n) is 21.3. The number of hydrogen-bond donors (Lipinski definition) is 1. The molecule has 5 heterocycles. The summed E-state index contributed by atoms with van der Waals surface area (Å²) in [5.41, 5.74) is 2.49. The molecule has 1 amide bonds. The molecule has 0 saturated carbocycles. The lowest BCUT2D eigenvalue weighted by atomic mass is 10.0. The van der Waals surface area contributed by atoms with Crippen molar-refractivity contribution in [2.24, 2.45) is 0 Å². The van der Waals surface area contributed by atoms with Gasteiger partial charge in [0.15, 0.2) is 11.0 Å². The number of rotatable bonds is 8. The Balaban J connectivity index is 1.37. The number of nitrogens with zero attached hydrogens (tertiary/aromatic N) is 8. The molecule has 4 aromatic heterocycles. The van der Waals surface area contributed by atoms with E-state index >= 15 is 4.39 Å². The van der Waals surface area contributed by atoms with Gasteiger partial charge in [-0.15, -0.1) is 4.68 Å². The number of carbonyl (C=O) groups is 1. The molecule has 1 saturated heterocycles. The molecule has 0 radical (unpaired) electrons. The molecule has 41 heavy (non-hydrogen) atoms. The van der Waals surface area contributed by atoms with E-state index in [-0.39, 0.29) is 22.2 Å². The van der Waals surface area contributed by atoms with Crippen LogP contribution < -0.4 is 4.68 Å². The standard InChI is InChI=1S/C27H21ClF3N9O/c28-19-4-6-22(40-15-34-36-37-40)25(26(19)29)17-3-5-20(33-11-17)23(14-38-9-1-2-24(38)41)39-13-18(12-35-39)16-7-8-32-21(10-16)27(30)31/h3-8,10-13,15,23,27H,1-2,9,14H2/p+1. The number of hydrogen-bond acceptors (Lipinski definition) is 6. The molecule has 1 aliphatic heterocycles. The van der Waals surface area contributed by atoms with E-state index in [0.717, 1.165) is 6.42 Å². The molecule has 1 aromatic carbocycles. The maximum absolute atomic E-state index is 15.3. The van der Waals surface area contributed by atoms with Gasteiger partial charge in [0, 0.05) is 49.2 Å². The Morgan fingerprint density at radius 3 is 2.63 bits per heavy atom. The quantitative estimate of drug-likeness (QED) is 0.273. The zero-order chi connectivity index (χ0) is 28.5. The topological polar surface area (TPSA) is 109 Å². The van der Waals surface area contributed by atoms with Gasteiger partial charge in [0.1, 0.15) is 22.5 Å².